The van der Waals surface area contributed by atoms with Gasteiger partial charge in [0.25, 0.3) is 0 Å². The van der Waals surface area contributed by atoms with Crippen LogP contribution in [0.2, 0.25) is 0 Å². The van der Waals surface area contributed by atoms with Gasteiger partial charge in [-0.15, -0.1) is 0 Å². The largest absolute Gasteiger partial charge is 0.462 e. The van der Waals surface area contributed by atoms with E-state index in [1.54, 1.807) is 0 Å². The van der Waals surface area contributed by atoms with Crippen LogP contribution in [0.4, 0.5) is 0 Å². The molecule has 1 atom stereocenters. The first-order chi connectivity index (χ1) is 41.0. The maximum absolute atomic E-state index is 12.9. The third-order valence-electron chi connectivity index (χ3n) is 15.5. The molecule has 0 aliphatic rings. The quantitative estimate of drug-likeness (QED) is 0.0261. The lowest BCUT2D eigenvalue weighted by molar-refractivity contribution is -0.167. The summed E-state index contributed by atoms with van der Waals surface area (Å²) in [6.45, 7) is 6.52. The second-order valence-electron chi connectivity index (χ2n) is 23.8. The maximum atomic E-state index is 12.9. The SMILES string of the molecule is CC/C=C\C/C=C\C/C=C\C/C=C\C/C=C\CCCCCC(=O)OC(COC(=O)CCCCCCCCCCC/C=C\C/C=C\CCCCC)COC(=O)CCCCCCCCCCCCCCCCC/C=C\CCCCCCCCCC. The number of unbranched alkanes of at least 4 members (excludes halogenated alkanes) is 38. The molecule has 6 heteroatoms. The van der Waals surface area contributed by atoms with Crippen LogP contribution in [-0.4, -0.2) is 37.2 Å². The molecule has 0 bridgehead atoms. The highest BCUT2D eigenvalue weighted by atomic mass is 16.6. The Kier molecular flexibility index (Phi) is 67.7. The predicted molar refractivity (Wildman–Crippen MR) is 362 cm³/mol. The minimum Gasteiger partial charge on any atom is -0.462 e. The van der Waals surface area contributed by atoms with Crippen molar-refractivity contribution < 1.29 is 28.6 Å². The summed E-state index contributed by atoms with van der Waals surface area (Å²) < 4.78 is 17.0. The van der Waals surface area contributed by atoms with E-state index in [0.29, 0.717) is 12.8 Å². The first kappa shape index (κ1) is 79.3. The Balaban J connectivity index is 4.36. The Hall–Kier alpha value is -3.67. The highest BCUT2D eigenvalue weighted by Crippen LogP contribution is 2.17. The zero-order valence-corrected chi connectivity index (χ0v) is 54.9. The summed E-state index contributed by atoms with van der Waals surface area (Å²) in [4.78, 5) is 38.5. The predicted octanol–water partition coefficient (Wildman–Crippen LogP) is 24.8. The first-order valence-electron chi connectivity index (χ1n) is 35.7. The van der Waals surface area contributed by atoms with E-state index in [2.05, 4.69) is 118 Å². The standard InChI is InChI=1S/C77H134O6/c1-4-7-10-13-16-19-22-25-28-31-34-35-36-37-38-39-40-41-44-46-49-52-55-58-61-64-67-70-76(79)82-73-74(83-77(80)71-68-65-62-59-56-53-50-47-43-33-30-27-24-21-18-15-12-9-6-3)72-81-75(78)69-66-63-60-57-54-51-48-45-42-32-29-26-23-20-17-14-11-8-5-2/h9,12,17-18,20-21,26-27,29-31,34,43,47,53,56,74H,4-8,10-11,13-16,19,22-25,28,32-33,35-42,44-46,48-52,54-55,57-73H2,1-3H3/b12-9-,20-17-,21-18-,29-26-,30-27-,34-31-,47-43-,56-53-. The van der Waals surface area contributed by atoms with E-state index < -0.39 is 6.10 Å². The van der Waals surface area contributed by atoms with Crippen LogP contribution in [0.5, 0.6) is 0 Å². The number of ether oxygens (including phenoxy) is 3. The van der Waals surface area contributed by atoms with Crippen molar-refractivity contribution in [3.8, 4) is 0 Å². The van der Waals surface area contributed by atoms with Gasteiger partial charge in [-0.25, -0.2) is 0 Å². The molecule has 1 unspecified atom stereocenters. The lowest BCUT2D eigenvalue weighted by Crippen LogP contribution is -2.30. The topological polar surface area (TPSA) is 78.9 Å². The number of hydrogen-bond donors (Lipinski definition) is 0. The smallest absolute Gasteiger partial charge is 0.306 e. The molecule has 0 aliphatic carbocycles. The number of carbonyl (C=O) groups excluding carboxylic acids is 3. The molecule has 0 saturated heterocycles. The number of allylic oxidation sites excluding steroid dienone is 16. The van der Waals surface area contributed by atoms with Crippen LogP contribution >= 0.6 is 0 Å². The van der Waals surface area contributed by atoms with Crippen molar-refractivity contribution in [1.82, 2.24) is 0 Å². The minimum absolute atomic E-state index is 0.0905. The van der Waals surface area contributed by atoms with Gasteiger partial charge in [0.1, 0.15) is 13.2 Å². The number of rotatable bonds is 65. The molecule has 0 heterocycles. The van der Waals surface area contributed by atoms with Crippen molar-refractivity contribution in [2.24, 2.45) is 0 Å². The van der Waals surface area contributed by atoms with E-state index in [9.17, 15) is 14.4 Å². The average molecular weight is 1160 g/mol. The molecule has 0 amide bonds. The van der Waals surface area contributed by atoms with Crippen molar-refractivity contribution in [2.45, 2.75) is 361 Å². The van der Waals surface area contributed by atoms with Crippen LogP contribution in [-0.2, 0) is 28.6 Å². The molecule has 0 aliphatic heterocycles. The third kappa shape index (κ3) is 69.0. The summed E-state index contributed by atoms with van der Waals surface area (Å²) in [6, 6.07) is 0. The molecule has 0 N–H and O–H groups in total. The van der Waals surface area contributed by atoms with Gasteiger partial charge in [0.2, 0.25) is 0 Å². The summed E-state index contributed by atoms with van der Waals surface area (Å²) in [6.07, 6.45) is 95.8. The van der Waals surface area contributed by atoms with Crippen molar-refractivity contribution in [3.05, 3.63) is 97.2 Å². The van der Waals surface area contributed by atoms with Gasteiger partial charge < -0.3 is 14.2 Å². The Morgan fingerprint density at radius 1 is 0.253 bits per heavy atom. The van der Waals surface area contributed by atoms with E-state index in [-0.39, 0.29) is 37.5 Å². The highest BCUT2D eigenvalue weighted by Gasteiger charge is 2.19. The fraction of sp³-hybridized carbons (Fsp3) is 0.753. The zero-order valence-electron chi connectivity index (χ0n) is 54.9. The molecule has 6 nitrogen and oxygen atoms in total. The number of carbonyl (C=O) groups is 3. The third-order valence-corrected chi connectivity index (χ3v) is 15.5. The number of hydrogen-bond acceptors (Lipinski definition) is 6. The van der Waals surface area contributed by atoms with Crippen LogP contribution in [0.25, 0.3) is 0 Å². The molecule has 0 aromatic rings. The Morgan fingerprint density at radius 2 is 0.470 bits per heavy atom. The van der Waals surface area contributed by atoms with E-state index in [0.717, 1.165) is 103 Å². The Morgan fingerprint density at radius 3 is 0.783 bits per heavy atom. The highest BCUT2D eigenvalue weighted by molar-refractivity contribution is 5.71. The Labute approximate surface area is 515 Å². The van der Waals surface area contributed by atoms with Gasteiger partial charge in [0.15, 0.2) is 6.10 Å². The molecular weight excluding hydrogens is 1020 g/mol. The summed E-state index contributed by atoms with van der Waals surface area (Å²) >= 11 is 0. The fourth-order valence-electron chi connectivity index (χ4n) is 10.2. The summed E-state index contributed by atoms with van der Waals surface area (Å²) in [7, 11) is 0. The van der Waals surface area contributed by atoms with Crippen molar-refractivity contribution >= 4 is 17.9 Å². The summed E-state index contributed by atoms with van der Waals surface area (Å²) in [5.41, 5.74) is 0. The normalized spacial score (nSPS) is 12.7. The van der Waals surface area contributed by atoms with Gasteiger partial charge in [-0.1, -0.05) is 311 Å². The average Bonchev–Trinajstić information content (AvgIpc) is 3.50. The van der Waals surface area contributed by atoms with Gasteiger partial charge in [-0.2, -0.15) is 0 Å². The zero-order chi connectivity index (χ0) is 59.9. The molecule has 0 radical (unpaired) electrons. The van der Waals surface area contributed by atoms with Crippen LogP contribution < -0.4 is 0 Å². The molecule has 478 valence electrons. The molecule has 0 saturated carbocycles. The van der Waals surface area contributed by atoms with Gasteiger partial charge in [0, 0.05) is 19.3 Å². The lowest BCUT2D eigenvalue weighted by atomic mass is 10.0. The Bertz CT molecular complexity index is 1610. The number of esters is 3. The van der Waals surface area contributed by atoms with Crippen LogP contribution in [0.3, 0.4) is 0 Å². The minimum atomic E-state index is -0.799. The van der Waals surface area contributed by atoms with E-state index in [4.69, 9.17) is 14.2 Å². The second-order valence-corrected chi connectivity index (χ2v) is 23.8. The maximum Gasteiger partial charge on any atom is 0.306 e. The summed E-state index contributed by atoms with van der Waals surface area (Å²) in [5.74, 6) is -0.911. The summed E-state index contributed by atoms with van der Waals surface area (Å²) in [5, 5.41) is 0. The van der Waals surface area contributed by atoms with E-state index in [1.807, 2.05) is 0 Å². The van der Waals surface area contributed by atoms with E-state index >= 15 is 0 Å². The van der Waals surface area contributed by atoms with Crippen molar-refractivity contribution in [2.75, 3.05) is 13.2 Å². The monoisotopic (exact) mass is 1160 g/mol. The van der Waals surface area contributed by atoms with Crippen LogP contribution in [0, 0.1) is 0 Å². The van der Waals surface area contributed by atoms with Crippen LogP contribution in [0.1, 0.15) is 355 Å². The first-order valence-corrected chi connectivity index (χ1v) is 35.7. The second kappa shape index (κ2) is 70.8. The van der Waals surface area contributed by atoms with Gasteiger partial charge in [-0.05, 0) is 122 Å². The molecule has 0 aromatic carbocycles. The van der Waals surface area contributed by atoms with Gasteiger partial charge in [-0.3, -0.25) is 14.4 Å². The molecule has 83 heavy (non-hydrogen) atoms. The molecule has 0 spiro atoms. The van der Waals surface area contributed by atoms with Gasteiger partial charge >= 0.3 is 17.9 Å². The molecule has 0 rings (SSSR count). The van der Waals surface area contributed by atoms with Gasteiger partial charge in [0.05, 0.1) is 0 Å². The lowest BCUT2D eigenvalue weighted by Gasteiger charge is -2.18. The fourth-order valence-corrected chi connectivity index (χ4v) is 10.2. The van der Waals surface area contributed by atoms with Crippen molar-refractivity contribution in [1.29, 1.82) is 0 Å². The van der Waals surface area contributed by atoms with Crippen LogP contribution in [0.15, 0.2) is 97.2 Å². The van der Waals surface area contributed by atoms with E-state index in [1.165, 1.54) is 212 Å². The molecule has 0 fully saturated rings. The van der Waals surface area contributed by atoms with Crippen molar-refractivity contribution in [3.63, 3.8) is 0 Å². The molecule has 0 aromatic heterocycles. The molecular formula is C77H134O6.